The lowest BCUT2D eigenvalue weighted by Crippen LogP contribution is -2.08. The van der Waals surface area contributed by atoms with Gasteiger partial charge in [0.05, 0.1) is 4.47 Å². The molecule has 74 valence electrons. The average molecular weight is 277 g/mol. The predicted octanol–water partition coefficient (Wildman–Crippen LogP) is 2.72. The molecule has 0 saturated heterocycles. The van der Waals surface area contributed by atoms with Crippen LogP contribution in [0, 0.1) is 0 Å². The van der Waals surface area contributed by atoms with Gasteiger partial charge in [-0.05, 0) is 28.1 Å². The molecular formula is C9H7BrClNO2. The van der Waals surface area contributed by atoms with E-state index in [0.717, 1.165) is 9.86 Å². The van der Waals surface area contributed by atoms with Gasteiger partial charge in [0.2, 0.25) is 0 Å². The number of hydrogen-bond acceptors (Lipinski definition) is 2. The van der Waals surface area contributed by atoms with Gasteiger partial charge in [-0.1, -0.05) is 12.1 Å². The van der Waals surface area contributed by atoms with Crippen molar-refractivity contribution in [3.8, 4) is 0 Å². The Hall–Kier alpha value is -1.00. The van der Waals surface area contributed by atoms with E-state index < -0.39 is 5.91 Å². The van der Waals surface area contributed by atoms with Crippen LogP contribution in [0.1, 0.15) is 10.6 Å². The third kappa shape index (κ3) is 1.76. The van der Waals surface area contributed by atoms with Crippen molar-refractivity contribution in [2.45, 2.75) is 0 Å². The van der Waals surface area contributed by atoms with Gasteiger partial charge in [-0.15, -0.1) is 12.4 Å². The minimum Gasteiger partial charge on any atom is -0.450 e. The van der Waals surface area contributed by atoms with Crippen molar-refractivity contribution < 1.29 is 9.21 Å². The zero-order chi connectivity index (χ0) is 9.42. The highest BCUT2D eigenvalue weighted by Crippen LogP contribution is 2.26. The highest BCUT2D eigenvalue weighted by molar-refractivity contribution is 9.10. The molecular weight excluding hydrogens is 269 g/mol. The molecule has 0 aliphatic heterocycles. The van der Waals surface area contributed by atoms with Crippen molar-refractivity contribution in [1.82, 2.24) is 0 Å². The molecule has 0 unspecified atom stereocenters. The zero-order valence-electron chi connectivity index (χ0n) is 6.99. The van der Waals surface area contributed by atoms with Crippen LogP contribution in [0.15, 0.2) is 33.2 Å². The summed E-state index contributed by atoms with van der Waals surface area (Å²) in [5, 5.41) is 0.864. The first-order chi connectivity index (χ1) is 6.18. The molecule has 1 heterocycles. The van der Waals surface area contributed by atoms with Crippen LogP contribution in [-0.2, 0) is 0 Å². The lowest BCUT2D eigenvalue weighted by molar-refractivity contribution is 0.0976. The second-order valence-electron chi connectivity index (χ2n) is 2.63. The van der Waals surface area contributed by atoms with Crippen LogP contribution in [0.5, 0.6) is 0 Å². The Balaban J connectivity index is 0.000000980. The molecule has 2 rings (SSSR count). The molecule has 2 N–H and O–H groups in total. The smallest absolute Gasteiger partial charge is 0.284 e. The molecule has 14 heavy (non-hydrogen) atoms. The number of halogens is 2. The fourth-order valence-electron chi connectivity index (χ4n) is 1.15. The second kappa shape index (κ2) is 4.02. The van der Waals surface area contributed by atoms with E-state index >= 15 is 0 Å². The predicted molar refractivity (Wildman–Crippen MR) is 59.7 cm³/mol. The Bertz CT molecular complexity index is 481. The van der Waals surface area contributed by atoms with Crippen LogP contribution >= 0.6 is 28.3 Å². The summed E-state index contributed by atoms with van der Waals surface area (Å²) >= 11 is 3.31. The highest BCUT2D eigenvalue weighted by atomic mass is 79.9. The van der Waals surface area contributed by atoms with Gasteiger partial charge in [-0.2, -0.15) is 0 Å². The number of primary amides is 1. The van der Waals surface area contributed by atoms with Crippen molar-refractivity contribution >= 4 is 45.2 Å². The summed E-state index contributed by atoms with van der Waals surface area (Å²) in [5.41, 5.74) is 5.73. The Kier molecular flexibility index (Phi) is 3.18. The summed E-state index contributed by atoms with van der Waals surface area (Å²) in [4.78, 5) is 10.8. The fourth-order valence-corrected chi connectivity index (χ4v) is 1.61. The Morgan fingerprint density at radius 1 is 1.43 bits per heavy atom. The quantitative estimate of drug-likeness (QED) is 0.870. The average Bonchev–Trinajstić information content (AvgIpc) is 2.49. The van der Waals surface area contributed by atoms with E-state index in [4.69, 9.17) is 10.2 Å². The number of furan rings is 1. The van der Waals surface area contributed by atoms with Gasteiger partial charge >= 0.3 is 0 Å². The van der Waals surface area contributed by atoms with Crippen LogP contribution in [0.25, 0.3) is 11.0 Å². The SMILES string of the molecule is Cl.NC(=O)c1cc2cccc(Br)c2o1. The third-order valence-corrected chi connectivity index (χ3v) is 2.36. The normalized spacial score (nSPS) is 9.79. The number of rotatable bonds is 1. The molecule has 0 fully saturated rings. The molecule has 0 bridgehead atoms. The van der Waals surface area contributed by atoms with E-state index in [1.807, 2.05) is 18.2 Å². The maximum Gasteiger partial charge on any atom is 0.284 e. The van der Waals surface area contributed by atoms with Gasteiger partial charge < -0.3 is 10.2 Å². The van der Waals surface area contributed by atoms with Gasteiger partial charge in [-0.25, -0.2) is 0 Å². The van der Waals surface area contributed by atoms with Crippen molar-refractivity contribution in [1.29, 1.82) is 0 Å². The van der Waals surface area contributed by atoms with E-state index in [-0.39, 0.29) is 18.2 Å². The number of carbonyl (C=O) groups excluding carboxylic acids is 1. The third-order valence-electron chi connectivity index (χ3n) is 1.74. The molecule has 2 aromatic rings. The van der Waals surface area contributed by atoms with Crippen LogP contribution in [-0.4, -0.2) is 5.91 Å². The molecule has 0 aliphatic carbocycles. The van der Waals surface area contributed by atoms with Crippen molar-refractivity contribution in [2.75, 3.05) is 0 Å². The van der Waals surface area contributed by atoms with Crippen molar-refractivity contribution in [2.24, 2.45) is 5.73 Å². The molecule has 0 saturated carbocycles. The van der Waals surface area contributed by atoms with Crippen LogP contribution in [0.3, 0.4) is 0 Å². The summed E-state index contributed by atoms with van der Waals surface area (Å²) in [6.45, 7) is 0. The molecule has 1 aromatic carbocycles. The molecule has 5 heteroatoms. The first kappa shape index (κ1) is 11.1. The second-order valence-corrected chi connectivity index (χ2v) is 3.49. The number of benzene rings is 1. The monoisotopic (exact) mass is 275 g/mol. The van der Waals surface area contributed by atoms with Crippen molar-refractivity contribution in [3.63, 3.8) is 0 Å². The van der Waals surface area contributed by atoms with E-state index in [0.29, 0.717) is 5.58 Å². The topological polar surface area (TPSA) is 56.2 Å². The van der Waals surface area contributed by atoms with Crippen LogP contribution < -0.4 is 5.73 Å². The number of carbonyl (C=O) groups is 1. The van der Waals surface area contributed by atoms with Crippen LogP contribution in [0.2, 0.25) is 0 Å². The maximum atomic E-state index is 10.8. The van der Waals surface area contributed by atoms with E-state index in [1.54, 1.807) is 6.07 Å². The lowest BCUT2D eigenvalue weighted by atomic mass is 10.2. The summed E-state index contributed by atoms with van der Waals surface area (Å²) in [7, 11) is 0. The summed E-state index contributed by atoms with van der Waals surface area (Å²) < 4.78 is 6.06. The summed E-state index contributed by atoms with van der Waals surface area (Å²) in [5.74, 6) is -0.370. The zero-order valence-corrected chi connectivity index (χ0v) is 9.39. The fraction of sp³-hybridized carbons (Fsp3) is 0. The number of nitrogens with two attached hydrogens (primary N) is 1. The Labute approximate surface area is 94.8 Å². The minimum atomic E-state index is -0.553. The minimum absolute atomic E-state index is 0. The summed E-state index contributed by atoms with van der Waals surface area (Å²) in [6.07, 6.45) is 0. The largest absolute Gasteiger partial charge is 0.450 e. The Morgan fingerprint density at radius 3 is 2.71 bits per heavy atom. The molecule has 0 radical (unpaired) electrons. The molecule has 1 aromatic heterocycles. The van der Waals surface area contributed by atoms with Crippen molar-refractivity contribution in [3.05, 3.63) is 34.5 Å². The Morgan fingerprint density at radius 2 is 2.14 bits per heavy atom. The first-order valence-electron chi connectivity index (χ1n) is 3.66. The van der Waals surface area contributed by atoms with Gasteiger partial charge in [0.25, 0.3) is 5.91 Å². The van der Waals surface area contributed by atoms with Crippen LogP contribution in [0.4, 0.5) is 0 Å². The van der Waals surface area contributed by atoms with Gasteiger partial charge in [0, 0.05) is 5.39 Å². The number of fused-ring (bicyclic) bond motifs is 1. The number of amides is 1. The first-order valence-corrected chi connectivity index (χ1v) is 4.45. The molecule has 3 nitrogen and oxygen atoms in total. The van der Waals surface area contributed by atoms with Gasteiger partial charge in [0.15, 0.2) is 5.76 Å². The van der Waals surface area contributed by atoms with E-state index in [9.17, 15) is 4.79 Å². The standard InChI is InChI=1S/C9H6BrNO2.ClH/c10-6-3-1-2-5-4-7(9(11)12)13-8(5)6;/h1-4H,(H2,11,12);1H. The van der Waals surface area contributed by atoms with E-state index in [2.05, 4.69) is 15.9 Å². The van der Waals surface area contributed by atoms with Gasteiger partial charge in [0.1, 0.15) is 5.58 Å². The lowest BCUT2D eigenvalue weighted by Gasteiger charge is -1.89. The maximum absolute atomic E-state index is 10.8. The molecule has 0 aliphatic rings. The summed E-state index contributed by atoms with van der Waals surface area (Å²) in [6, 6.07) is 7.20. The number of para-hydroxylation sites is 1. The molecule has 0 spiro atoms. The van der Waals surface area contributed by atoms with Gasteiger partial charge in [-0.3, -0.25) is 4.79 Å². The highest BCUT2D eigenvalue weighted by Gasteiger charge is 2.09. The molecule has 1 amide bonds. The van der Waals surface area contributed by atoms with E-state index in [1.165, 1.54) is 0 Å². The molecule has 0 atom stereocenters. The number of hydrogen-bond donors (Lipinski definition) is 1.